The van der Waals surface area contributed by atoms with Gasteiger partial charge in [-0.25, -0.2) is 8.42 Å². The zero-order chi connectivity index (χ0) is 11.5. The van der Waals surface area contributed by atoms with E-state index in [2.05, 4.69) is 0 Å². The molecule has 1 aromatic rings. The van der Waals surface area contributed by atoms with Crippen LogP contribution in [-0.4, -0.2) is 31.1 Å². The Labute approximate surface area is 90.7 Å². The number of rotatable bonds is 4. The lowest BCUT2D eigenvalue weighted by Gasteiger charge is -2.16. The molecule has 4 heteroatoms. The van der Waals surface area contributed by atoms with Crippen LogP contribution in [-0.2, 0) is 16.3 Å². The lowest BCUT2D eigenvalue weighted by Crippen LogP contribution is -2.32. The van der Waals surface area contributed by atoms with Gasteiger partial charge in [0.15, 0.2) is 9.84 Å². The summed E-state index contributed by atoms with van der Waals surface area (Å²) in [4.78, 5) is 0. The van der Waals surface area contributed by atoms with Gasteiger partial charge in [-0.2, -0.15) is 0 Å². The zero-order valence-corrected chi connectivity index (χ0v) is 9.74. The smallest absolute Gasteiger partial charge is 0.152 e. The molecule has 3 nitrogen and oxygen atoms in total. The van der Waals surface area contributed by atoms with E-state index in [4.69, 9.17) is 0 Å². The van der Waals surface area contributed by atoms with E-state index in [0.29, 0.717) is 6.42 Å². The highest BCUT2D eigenvalue weighted by molar-refractivity contribution is 7.91. The van der Waals surface area contributed by atoms with Crippen molar-refractivity contribution >= 4 is 9.84 Å². The predicted molar refractivity (Wildman–Crippen MR) is 60.5 cm³/mol. The van der Waals surface area contributed by atoms with E-state index in [1.807, 2.05) is 30.3 Å². The molecule has 2 atom stereocenters. The maximum Gasteiger partial charge on any atom is 0.152 e. The lowest BCUT2D eigenvalue weighted by molar-refractivity contribution is 0.173. The van der Waals surface area contributed by atoms with Crippen molar-refractivity contribution in [3.05, 3.63) is 35.9 Å². The second-order valence-corrected chi connectivity index (χ2v) is 6.19. The first-order valence-electron chi connectivity index (χ1n) is 4.82. The third-order valence-electron chi connectivity index (χ3n) is 2.50. The summed E-state index contributed by atoms with van der Waals surface area (Å²) in [6, 6.07) is 9.37. The van der Waals surface area contributed by atoms with Crippen LogP contribution in [0, 0.1) is 0 Å². The second kappa shape index (κ2) is 4.77. The molecule has 0 saturated heterocycles. The largest absolute Gasteiger partial charge is 0.391 e. The highest BCUT2D eigenvalue weighted by atomic mass is 32.2. The van der Waals surface area contributed by atoms with E-state index in [0.717, 1.165) is 11.8 Å². The van der Waals surface area contributed by atoms with Gasteiger partial charge < -0.3 is 5.11 Å². The SMILES string of the molecule is CC(C(O)Cc1ccccc1)S(C)(=O)=O. The molecule has 0 spiro atoms. The van der Waals surface area contributed by atoms with Crippen LogP contribution >= 0.6 is 0 Å². The Balaban J connectivity index is 2.68. The average molecular weight is 228 g/mol. The van der Waals surface area contributed by atoms with E-state index in [1.54, 1.807) is 0 Å². The molecule has 0 aliphatic heterocycles. The summed E-state index contributed by atoms with van der Waals surface area (Å²) >= 11 is 0. The number of hydrogen-bond acceptors (Lipinski definition) is 3. The average Bonchev–Trinajstić information content (AvgIpc) is 2.16. The zero-order valence-electron chi connectivity index (χ0n) is 8.92. The minimum Gasteiger partial charge on any atom is -0.391 e. The Morgan fingerprint density at radius 1 is 1.27 bits per heavy atom. The van der Waals surface area contributed by atoms with Crippen molar-refractivity contribution in [3.63, 3.8) is 0 Å². The minimum absolute atomic E-state index is 0.370. The molecular weight excluding hydrogens is 212 g/mol. The third kappa shape index (κ3) is 3.64. The van der Waals surface area contributed by atoms with Gasteiger partial charge in [0.1, 0.15) is 0 Å². The van der Waals surface area contributed by atoms with Crippen molar-refractivity contribution in [1.82, 2.24) is 0 Å². The monoisotopic (exact) mass is 228 g/mol. The van der Waals surface area contributed by atoms with E-state index >= 15 is 0 Å². The molecule has 84 valence electrons. The van der Waals surface area contributed by atoms with Gasteiger partial charge in [-0.05, 0) is 18.9 Å². The van der Waals surface area contributed by atoms with Gasteiger partial charge in [0.05, 0.1) is 11.4 Å². The summed E-state index contributed by atoms with van der Waals surface area (Å²) in [6.07, 6.45) is 0.670. The standard InChI is InChI=1S/C11H16O3S/c1-9(15(2,13)14)11(12)8-10-6-4-3-5-7-10/h3-7,9,11-12H,8H2,1-2H3. The van der Waals surface area contributed by atoms with Crippen molar-refractivity contribution in [2.75, 3.05) is 6.26 Å². The predicted octanol–water partition coefficient (Wildman–Crippen LogP) is 1.02. The quantitative estimate of drug-likeness (QED) is 0.837. The number of sulfone groups is 1. The van der Waals surface area contributed by atoms with E-state index in [9.17, 15) is 13.5 Å². The molecule has 1 rings (SSSR count). The normalized spacial score (nSPS) is 15.9. The van der Waals surface area contributed by atoms with Gasteiger partial charge in [0, 0.05) is 6.26 Å². The van der Waals surface area contributed by atoms with Crippen LogP contribution in [0.2, 0.25) is 0 Å². The summed E-state index contributed by atoms with van der Waals surface area (Å²) in [6.45, 7) is 1.53. The van der Waals surface area contributed by atoms with E-state index < -0.39 is 21.2 Å². The summed E-state index contributed by atoms with van der Waals surface area (Å²) in [5.74, 6) is 0. The Morgan fingerprint density at radius 2 is 1.80 bits per heavy atom. The first-order valence-corrected chi connectivity index (χ1v) is 6.77. The number of aliphatic hydroxyl groups is 1. The van der Waals surface area contributed by atoms with Crippen molar-refractivity contribution in [3.8, 4) is 0 Å². The highest BCUT2D eigenvalue weighted by Crippen LogP contribution is 2.10. The third-order valence-corrected chi connectivity index (χ3v) is 4.17. The number of hydrogen-bond donors (Lipinski definition) is 1. The molecule has 1 aromatic carbocycles. The summed E-state index contributed by atoms with van der Waals surface area (Å²) in [5.41, 5.74) is 0.945. The van der Waals surface area contributed by atoms with Crippen LogP contribution in [0.3, 0.4) is 0 Å². The van der Waals surface area contributed by atoms with Gasteiger partial charge in [0.25, 0.3) is 0 Å². The summed E-state index contributed by atoms with van der Waals surface area (Å²) < 4.78 is 22.4. The molecule has 0 aliphatic rings. The fraction of sp³-hybridized carbons (Fsp3) is 0.455. The molecule has 2 unspecified atom stereocenters. The minimum atomic E-state index is -3.17. The van der Waals surface area contributed by atoms with Crippen LogP contribution in [0.5, 0.6) is 0 Å². The maximum atomic E-state index is 11.2. The van der Waals surface area contributed by atoms with Crippen molar-refractivity contribution < 1.29 is 13.5 Å². The Kier molecular flexibility index (Phi) is 3.88. The highest BCUT2D eigenvalue weighted by Gasteiger charge is 2.23. The van der Waals surface area contributed by atoms with Gasteiger partial charge in [-0.1, -0.05) is 30.3 Å². The molecule has 0 heterocycles. The molecule has 15 heavy (non-hydrogen) atoms. The number of benzene rings is 1. The van der Waals surface area contributed by atoms with Crippen LogP contribution in [0.15, 0.2) is 30.3 Å². The van der Waals surface area contributed by atoms with Gasteiger partial charge in [-0.15, -0.1) is 0 Å². The van der Waals surface area contributed by atoms with Crippen molar-refractivity contribution in [2.45, 2.75) is 24.7 Å². The topological polar surface area (TPSA) is 54.4 Å². The Hall–Kier alpha value is -0.870. The van der Waals surface area contributed by atoms with Crippen LogP contribution in [0.4, 0.5) is 0 Å². The molecule has 0 saturated carbocycles. The first-order chi connectivity index (χ1) is 6.91. The lowest BCUT2D eigenvalue weighted by atomic mass is 10.1. The van der Waals surface area contributed by atoms with Crippen LogP contribution in [0.25, 0.3) is 0 Å². The fourth-order valence-electron chi connectivity index (χ4n) is 1.31. The molecule has 0 fully saturated rings. The van der Waals surface area contributed by atoms with Crippen molar-refractivity contribution in [1.29, 1.82) is 0 Å². The summed E-state index contributed by atoms with van der Waals surface area (Å²) in [7, 11) is -3.17. The molecule has 1 N–H and O–H groups in total. The molecule has 0 aromatic heterocycles. The molecule has 0 aliphatic carbocycles. The van der Waals surface area contributed by atoms with E-state index in [-0.39, 0.29) is 0 Å². The van der Waals surface area contributed by atoms with Crippen molar-refractivity contribution in [2.24, 2.45) is 0 Å². The Morgan fingerprint density at radius 3 is 2.27 bits per heavy atom. The molecule has 0 amide bonds. The molecule has 0 bridgehead atoms. The van der Waals surface area contributed by atoms with Gasteiger partial charge >= 0.3 is 0 Å². The molecular formula is C11H16O3S. The fourth-order valence-corrected chi connectivity index (χ4v) is 1.97. The van der Waals surface area contributed by atoms with Gasteiger partial charge in [-0.3, -0.25) is 0 Å². The summed E-state index contributed by atoms with van der Waals surface area (Å²) in [5, 5.41) is 9.00. The Bertz CT molecular complexity index is 397. The number of aliphatic hydroxyl groups excluding tert-OH is 1. The maximum absolute atomic E-state index is 11.2. The van der Waals surface area contributed by atoms with Crippen LogP contribution < -0.4 is 0 Å². The first kappa shape index (κ1) is 12.2. The van der Waals surface area contributed by atoms with E-state index in [1.165, 1.54) is 6.92 Å². The molecule has 0 radical (unpaired) electrons. The van der Waals surface area contributed by atoms with Gasteiger partial charge in [0.2, 0.25) is 0 Å². The van der Waals surface area contributed by atoms with Crippen LogP contribution in [0.1, 0.15) is 12.5 Å². The second-order valence-electron chi connectivity index (χ2n) is 3.79.